The first kappa shape index (κ1) is 19.4. The average Bonchev–Trinajstić information content (AvgIpc) is 3.20. The molecule has 0 aromatic carbocycles. The Hall–Kier alpha value is -0.920. The molecule has 0 radical (unpaired) electrons. The number of fused-ring (bicyclic) bond motifs is 2. The molecule has 2 saturated heterocycles. The second-order valence-electron chi connectivity index (χ2n) is 9.79. The Morgan fingerprint density at radius 3 is 2.52 bits per heavy atom. The SMILES string of the molecule is CC1(C)C[C@@H]2C[C@@](C)(CN2C(=O)C2CCN(S(=O)(=O)c3cccs3)CC2)C1. The van der Waals surface area contributed by atoms with Gasteiger partial charge in [0.15, 0.2) is 0 Å². The number of carbonyl (C=O) groups is 1. The molecule has 0 N–H and O–H groups in total. The van der Waals surface area contributed by atoms with E-state index in [9.17, 15) is 13.2 Å². The quantitative estimate of drug-likeness (QED) is 0.765. The van der Waals surface area contributed by atoms with Crippen LogP contribution in [0.4, 0.5) is 0 Å². The molecule has 0 unspecified atom stereocenters. The summed E-state index contributed by atoms with van der Waals surface area (Å²) in [7, 11) is -3.40. The van der Waals surface area contributed by atoms with Gasteiger partial charge in [0.05, 0.1) is 0 Å². The normalized spacial score (nSPS) is 32.0. The molecule has 2 aliphatic heterocycles. The van der Waals surface area contributed by atoms with Crippen molar-refractivity contribution in [3.8, 4) is 0 Å². The molecule has 1 amide bonds. The first-order chi connectivity index (χ1) is 12.6. The highest BCUT2D eigenvalue weighted by Crippen LogP contribution is 2.52. The van der Waals surface area contributed by atoms with Crippen LogP contribution >= 0.6 is 11.3 Å². The lowest BCUT2D eigenvalue weighted by molar-refractivity contribution is -0.138. The number of likely N-dealkylation sites (tertiary alicyclic amines) is 1. The predicted molar refractivity (Wildman–Crippen MR) is 107 cm³/mol. The fraction of sp³-hybridized carbons (Fsp3) is 0.750. The summed E-state index contributed by atoms with van der Waals surface area (Å²) in [5.41, 5.74) is 0.538. The third-order valence-corrected chi connectivity index (χ3v) is 9.86. The van der Waals surface area contributed by atoms with E-state index >= 15 is 0 Å². The van der Waals surface area contributed by atoms with Crippen molar-refractivity contribution in [3.05, 3.63) is 17.5 Å². The lowest BCUT2D eigenvalue weighted by atomic mass is 9.65. The Labute approximate surface area is 166 Å². The monoisotopic (exact) mass is 410 g/mol. The molecule has 1 aromatic heterocycles. The molecule has 5 nitrogen and oxygen atoms in total. The Balaban J connectivity index is 1.41. The van der Waals surface area contributed by atoms with Gasteiger partial charge in [0.25, 0.3) is 10.0 Å². The number of thiophene rings is 1. The van der Waals surface area contributed by atoms with Gasteiger partial charge in [-0.15, -0.1) is 11.3 Å². The van der Waals surface area contributed by atoms with Gasteiger partial charge in [0, 0.05) is 31.6 Å². The van der Waals surface area contributed by atoms with E-state index in [1.54, 1.807) is 21.8 Å². The van der Waals surface area contributed by atoms with Crippen LogP contribution in [0.5, 0.6) is 0 Å². The third-order valence-electron chi connectivity index (χ3n) is 6.59. The molecule has 2 bridgehead atoms. The highest BCUT2D eigenvalue weighted by atomic mass is 32.2. The van der Waals surface area contributed by atoms with Gasteiger partial charge >= 0.3 is 0 Å². The first-order valence-electron chi connectivity index (χ1n) is 9.94. The van der Waals surface area contributed by atoms with Gasteiger partial charge in [-0.25, -0.2) is 8.42 Å². The molecule has 2 atom stereocenters. The summed E-state index contributed by atoms with van der Waals surface area (Å²) in [5, 5.41) is 1.79. The largest absolute Gasteiger partial charge is 0.339 e. The zero-order valence-electron chi connectivity index (χ0n) is 16.5. The van der Waals surface area contributed by atoms with Crippen LogP contribution in [-0.2, 0) is 14.8 Å². The molecule has 150 valence electrons. The van der Waals surface area contributed by atoms with Crippen LogP contribution in [0, 0.1) is 16.7 Å². The van der Waals surface area contributed by atoms with Crippen LogP contribution in [0.15, 0.2) is 21.7 Å². The number of hydrogen-bond acceptors (Lipinski definition) is 4. The number of hydrogen-bond donors (Lipinski definition) is 0. The van der Waals surface area contributed by atoms with Gasteiger partial charge in [-0.2, -0.15) is 4.31 Å². The summed E-state index contributed by atoms with van der Waals surface area (Å²) in [6, 6.07) is 3.78. The van der Waals surface area contributed by atoms with Gasteiger partial charge in [-0.3, -0.25) is 4.79 Å². The van der Waals surface area contributed by atoms with Crippen LogP contribution in [-0.4, -0.2) is 49.2 Å². The standard InChI is InChI=1S/C20H30N2O3S2/c1-19(2)11-16-12-20(3,13-19)14-22(16)18(23)15-6-8-21(9-7-15)27(24,25)17-5-4-10-26-17/h4-5,10,15-16H,6-9,11-14H2,1-3H3/t16-,20-/m1/s1. The molecule has 1 saturated carbocycles. The molecule has 1 aliphatic carbocycles. The smallest absolute Gasteiger partial charge is 0.252 e. The van der Waals surface area contributed by atoms with Gasteiger partial charge in [-0.1, -0.05) is 26.8 Å². The molecule has 27 heavy (non-hydrogen) atoms. The Morgan fingerprint density at radius 2 is 1.89 bits per heavy atom. The van der Waals surface area contributed by atoms with Crippen LogP contribution < -0.4 is 0 Å². The molecule has 0 spiro atoms. The van der Waals surface area contributed by atoms with Crippen molar-refractivity contribution in [2.45, 2.75) is 63.1 Å². The van der Waals surface area contributed by atoms with Gasteiger partial charge in [0.1, 0.15) is 4.21 Å². The fourth-order valence-electron chi connectivity index (χ4n) is 5.83. The van der Waals surface area contributed by atoms with E-state index in [2.05, 4.69) is 25.7 Å². The van der Waals surface area contributed by atoms with E-state index in [4.69, 9.17) is 0 Å². The molecular weight excluding hydrogens is 380 g/mol. The summed E-state index contributed by atoms with van der Waals surface area (Å²) in [6.45, 7) is 8.71. The lowest BCUT2D eigenvalue weighted by Gasteiger charge is -2.39. The predicted octanol–water partition coefficient (Wildman–Crippen LogP) is 3.58. The van der Waals surface area contributed by atoms with E-state index in [1.165, 1.54) is 17.8 Å². The average molecular weight is 411 g/mol. The van der Waals surface area contributed by atoms with E-state index in [-0.39, 0.29) is 17.2 Å². The minimum Gasteiger partial charge on any atom is -0.339 e. The Bertz CT molecular complexity index is 810. The maximum atomic E-state index is 13.2. The van der Waals surface area contributed by atoms with Crippen LogP contribution in [0.2, 0.25) is 0 Å². The summed E-state index contributed by atoms with van der Waals surface area (Å²) in [6.07, 6.45) is 4.64. The minimum absolute atomic E-state index is 0.0363. The van der Waals surface area contributed by atoms with E-state index in [0.717, 1.165) is 19.4 Å². The number of nitrogens with zero attached hydrogens (tertiary/aromatic N) is 2. The topological polar surface area (TPSA) is 57.7 Å². The van der Waals surface area contributed by atoms with Crippen molar-refractivity contribution in [1.82, 2.24) is 9.21 Å². The van der Waals surface area contributed by atoms with Crippen molar-refractivity contribution >= 4 is 27.3 Å². The highest BCUT2D eigenvalue weighted by Gasteiger charge is 2.51. The third kappa shape index (κ3) is 3.58. The lowest BCUT2D eigenvalue weighted by Crippen LogP contribution is -2.46. The van der Waals surface area contributed by atoms with Crippen molar-refractivity contribution in [2.75, 3.05) is 19.6 Å². The van der Waals surface area contributed by atoms with Gasteiger partial charge < -0.3 is 4.90 Å². The van der Waals surface area contributed by atoms with Crippen molar-refractivity contribution < 1.29 is 13.2 Å². The van der Waals surface area contributed by atoms with Gasteiger partial charge in [-0.05, 0) is 54.4 Å². The number of sulfonamides is 1. The molecule has 3 aliphatic rings. The zero-order valence-corrected chi connectivity index (χ0v) is 18.1. The van der Waals surface area contributed by atoms with Crippen LogP contribution in [0.25, 0.3) is 0 Å². The summed E-state index contributed by atoms with van der Waals surface area (Å²) in [4.78, 5) is 15.4. The van der Waals surface area contributed by atoms with Crippen molar-refractivity contribution in [3.63, 3.8) is 0 Å². The summed E-state index contributed by atoms with van der Waals surface area (Å²) in [5.74, 6) is 0.223. The minimum atomic E-state index is -3.40. The second kappa shape index (κ2) is 6.56. The fourth-order valence-corrected chi connectivity index (χ4v) is 8.45. The Kier molecular flexibility index (Phi) is 4.71. The Morgan fingerprint density at radius 1 is 1.19 bits per heavy atom. The molecule has 4 rings (SSSR count). The van der Waals surface area contributed by atoms with Gasteiger partial charge in [0.2, 0.25) is 5.91 Å². The summed E-state index contributed by atoms with van der Waals surface area (Å²) < 4.78 is 27.3. The molecular formula is C20H30N2O3S2. The highest BCUT2D eigenvalue weighted by molar-refractivity contribution is 7.91. The van der Waals surface area contributed by atoms with Crippen LogP contribution in [0.1, 0.15) is 52.9 Å². The number of amides is 1. The van der Waals surface area contributed by atoms with Crippen LogP contribution in [0.3, 0.4) is 0 Å². The number of piperidine rings is 1. The molecule has 7 heteroatoms. The van der Waals surface area contributed by atoms with E-state index < -0.39 is 10.0 Å². The maximum absolute atomic E-state index is 13.2. The molecule has 1 aromatic rings. The van der Waals surface area contributed by atoms with E-state index in [0.29, 0.717) is 41.6 Å². The number of carbonyl (C=O) groups excluding carboxylic acids is 1. The molecule has 3 fully saturated rings. The first-order valence-corrected chi connectivity index (χ1v) is 12.3. The maximum Gasteiger partial charge on any atom is 0.252 e. The second-order valence-corrected chi connectivity index (χ2v) is 12.9. The zero-order chi connectivity index (χ0) is 19.4. The van der Waals surface area contributed by atoms with Crippen molar-refractivity contribution in [1.29, 1.82) is 0 Å². The number of rotatable bonds is 3. The molecule has 3 heterocycles. The van der Waals surface area contributed by atoms with E-state index in [1.807, 2.05) is 0 Å². The van der Waals surface area contributed by atoms with Crippen molar-refractivity contribution in [2.24, 2.45) is 16.7 Å². The summed E-state index contributed by atoms with van der Waals surface area (Å²) >= 11 is 1.26.